The second-order valence-electron chi connectivity index (χ2n) is 9.51. The zero-order chi connectivity index (χ0) is 24.0. The molecule has 2 fully saturated rings. The van der Waals surface area contributed by atoms with Gasteiger partial charge in [0.25, 0.3) is 0 Å². The summed E-state index contributed by atoms with van der Waals surface area (Å²) in [6.07, 6.45) is 7.21. The van der Waals surface area contributed by atoms with Crippen molar-refractivity contribution >= 4 is 44.8 Å². The van der Waals surface area contributed by atoms with Crippen LogP contribution in [0.15, 0.2) is 18.3 Å². The zero-order valence-electron chi connectivity index (χ0n) is 19.1. The highest BCUT2D eigenvalue weighted by atomic mass is 35.5. The van der Waals surface area contributed by atoms with E-state index in [1.807, 2.05) is 23.2 Å². The van der Waals surface area contributed by atoms with E-state index < -0.39 is 10.0 Å². The normalized spacial score (nSPS) is 24.0. The van der Waals surface area contributed by atoms with E-state index in [4.69, 9.17) is 23.2 Å². The van der Waals surface area contributed by atoms with Gasteiger partial charge in [-0.15, -0.1) is 0 Å². The Kier molecular flexibility index (Phi) is 6.56. The number of nitrogens with zero attached hydrogens (tertiary/aromatic N) is 4. The Morgan fingerprint density at radius 1 is 1.09 bits per heavy atom. The molecule has 1 aromatic carbocycles. The van der Waals surface area contributed by atoms with Crippen molar-refractivity contribution in [3.05, 3.63) is 45.2 Å². The SMILES string of the molecule is CS(=O)(=O)N1CCN(c2cc(Cl)c(C[C@@H]3CCN(C4CCc5n[nH]cc5C4)C3=O)c(Cl)c2)CC1. The first-order chi connectivity index (χ1) is 16.2. The number of piperazine rings is 1. The largest absolute Gasteiger partial charge is 0.369 e. The third-order valence-electron chi connectivity index (χ3n) is 7.42. The fourth-order valence-corrected chi connectivity index (χ4v) is 6.92. The van der Waals surface area contributed by atoms with Gasteiger partial charge < -0.3 is 9.80 Å². The molecule has 1 aliphatic carbocycles. The van der Waals surface area contributed by atoms with Crippen molar-refractivity contribution in [3.63, 3.8) is 0 Å². The average molecular weight is 526 g/mol. The van der Waals surface area contributed by atoms with Crippen molar-refractivity contribution in [1.82, 2.24) is 19.4 Å². The number of benzene rings is 1. The standard InChI is InChI=1S/C23H29Cl2N5O3S/c1-34(32,33)29-8-6-28(7-9-29)18-12-20(24)19(21(25)13-18)11-15-4-5-30(23(15)31)17-2-3-22-16(10-17)14-26-27-22/h12-15,17H,2-11H2,1H3,(H,26,27)/t15-,17?/m0/s1. The lowest BCUT2D eigenvalue weighted by Crippen LogP contribution is -2.48. The van der Waals surface area contributed by atoms with E-state index in [1.165, 1.54) is 16.1 Å². The van der Waals surface area contributed by atoms with Gasteiger partial charge in [-0.25, -0.2) is 8.42 Å². The van der Waals surface area contributed by atoms with Gasteiger partial charge >= 0.3 is 0 Å². The molecule has 1 aromatic heterocycles. The minimum atomic E-state index is -3.18. The second-order valence-corrected chi connectivity index (χ2v) is 12.3. The molecule has 2 atom stereocenters. The molecule has 0 bridgehead atoms. The van der Waals surface area contributed by atoms with Crippen LogP contribution in [0.25, 0.3) is 0 Å². The molecule has 8 nitrogen and oxygen atoms in total. The van der Waals surface area contributed by atoms with Crippen LogP contribution in [0.2, 0.25) is 10.0 Å². The molecule has 0 radical (unpaired) electrons. The first kappa shape index (κ1) is 23.9. The molecular formula is C23H29Cl2N5O3S. The van der Waals surface area contributed by atoms with Gasteiger partial charge in [-0.3, -0.25) is 9.89 Å². The molecule has 184 valence electrons. The number of halogens is 2. The molecule has 2 aliphatic heterocycles. The first-order valence-electron chi connectivity index (χ1n) is 11.7. The molecule has 11 heteroatoms. The van der Waals surface area contributed by atoms with Crippen LogP contribution in [0.3, 0.4) is 0 Å². The van der Waals surface area contributed by atoms with Crippen molar-refractivity contribution in [2.45, 2.75) is 38.1 Å². The van der Waals surface area contributed by atoms with E-state index in [0.29, 0.717) is 42.6 Å². The maximum absolute atomic E-state index is 13.3. The predicted molar refractivity (Wildman–Crippen MR) is 133 cm³/mol. The molecule has 1 N–H and O–H groups in total. The van der Waals surface area contributed by atoms with E-state index in [-0.39, 0.29) is 17.9 Å². The molecule has 5 rings (SSSR count). The number of sulfonamides is 1. The van der Waals surface area contributed by atoms with Crippen molar-refractivity contribution in [2.75, 3.05) is 43.9 Å². The van der Waals surface area contributed by atoms with E-state index in [0.717, 1.165) is 49.2 Å². The number of rotatable bonds is 5. The summed E-state index contributed by atoms with van der Waals surface area (Å²) < 4.78 is 25.0. The smallest absolute Gasteiger partial charge is 0.226 e. The number of anilines is 1. The maximum Gasteiger partial charge on any atom is 0.226 e. The van der Waals surface area contributed by atoms with Crippen molar-refractivity contribution in [3.8, 4) is 0 Å². The monoisotopic (exact) mass is 525 g/mol. The van der Waals surface area contributed by atoms with Crippen LogP contribution in [0.4, 0.5) is 5.69 Å². The lowest BCUT2D eigenvalue weighted by molar-refractivity contribution is -0.133. The fourth-order valence-electron chi connectivity index (χ4n) is 5.47. The highest BCUT2D eigenvalue weighted by Gasteiger charge is 2.38. The highest BCUT2D eigenvalue weighted by molar-refractivity contribution is 7.88. The number of nitrogens with one attached hydrogen (secondary N) is 1. The topological polar surface area (TPSA) is 89.6 Å². The highest BCUT2D eigenvalue weighted by Crippen LogP contribution is 2.36. The van der Waals surface area contributed by atoms with Gasteiger partial charge in [-0.05, 0) is 55.4 Å². The van der Waals surface area contributed by atoms with Crippen LogP contribution in [-0.4, -0.2) is 78.7 Å². The Balaban J connectivity index is 1.24. The summed E-state index contributed by atoms with van der Waals surface area (Å²) in [6.45, 7) is 2.79. The van der Waals surface area contributed by atoms with Crippen molar-refractivity contribution in [1.29, 1.82) is 0 Å². The lowest BCUT2D eigenvalue weighted by Gasteiger charge is -2.35. The maximum atomic E-state index is 13.3. The summed E-state index contributed by atoms with van der Waals surface area (Å²) in [4.78, 5) is 17.4. The van der Waals surface area contributed by atoms with Gasteiger partial charge in [0.1, 0.15) is 0 Å². The Hall–Kier alpha value is -1.81. The summed E-state index contributed by atoms with van der Waals surface area (Å²) in [5, 5.41) is 8.34. The third kappa shape index (κ3) is 4.67. The second kappa shape index (κ2) is 9.33. The number of carbonyl (C=O) groups excluding carboxylic acids is 1. The fraction of sp³-hybridized carbons (Fsp3) is 0.565. The van der Waals surface area contributed by atoms with E-state index in [1.54, 1.807) is 0 Å². The van der Waals surface area contributed by atoms with Crippen LogP contribution in [0, 0.1) is 5.92 Å². The molecule has 2 saturated heterocycles. The molecule has 1 amide bonds. The van der Waals surface area contributed by atoms with Gasteiger partial charge in [0.15, 0.2) is 0 Å². The van der Waals surface area contributed by atoms with E-state index in [9.17, 15) is 13.2 Å². The number of aryl methyl sites for hydroxylation is 1. The minimum absolute atomic E-state index is 0.120. The van der Waals surface area contributed by atoms with Crippen LogP contribution < -0.4 is 4.90 Å². The molecular weight excluding hydrogens is 497 g/mol. The number of aromatic nitrogens is 2. The summed E-state index contributed by atoms with van der Waals surface area (Å²) in [5.41, 5.74) is 4.02. The molecule has 2 aromatic rings. The number of carbonyl (C=O) groups is 1. The number of fused-ring (bicyclic) bond motifs is 1. The first-order valence-corrected chi connectivity index (χ1v) is 14.3. The van der Waals surface area contributed by atoms with Gasteiger partial charge in [0.2, 0.25) is 15.9 Å². The number of hydrogen-bond donors (Lipinski definition) is 1. The van der Waals surface area contributed by atoms with Gasteiger partial charge in [0.05, 0.1) is 11.9 Å². The molecule has 3 heterocycles. The summed E-state index contributed by atoms with van der Waals surface area (Å²) in [6, 6.07) is 4.00. The van der Waals surface area contributed by atoms with Gasteiger partial charge in [0, 0.05) is 66.6 Å². The molecule has 1 unspecified atom stereocenters. The summed E-state index contributed by atoms with van der Waals surface area (Å²) >= 11 is 13.3. The lowest BCUT2D eigenvalue weighted by atomic mass is 9.92. The zero-order valence-corrected chi connectivity index (χ0v) is 21.5. The van der Waals surface area contributed by atoms with Crippen LogP contribution in [0.1, 0.15) is 29.7 Å². The number of amides is 1. The predicted octanol–water partition coefficient (Wildman–Crippen LogP) is 2.75. The number of aromatic amines is 1. The number of H-pyrrole nitrogens is 1. The van der Waals surface area contributed by atoms with Crippen LogP contribution >= 0.6 is 23.2 Å². The van der Waals surface area contributed by atoms with Crippen molar-refractivity contribution in [2.24, 2.45) is 5.92 Å². The summed E-state index contributed by atoms with van der Waals surface area (Å²) in [7, 11) is -3.18. The Morgan fingerprint density at radius 2 is 1.79 bits per heavy atom. The van der Waals surface area contributed by atoms with Gasteiger partial charge in [-0.2, -0.15) is 9.40 Å². The van der Waals surface area contributed by atoms with Crippen LogP contribution in [0.5, 0.6) is 0 Å². The number of likely N-dealkylation sites (tertiary alicyclic amines) is 1. The Bertz CT molecular complexity index is 1170. The molecule has 0 spiro atoms. The molecule has 3 aliphatic rings. The Morgan fingerprint density at radius 3 is 2.47 bits per heavy atom. The minimum Gasteiger partial charge on any atom is -0.369 e. The third-order valence-corrected chi connectivity index (χ3v) is 9.40. The van der Waals surface area contributed by atoms with Gasteiger partial charge in [-0.1, -0.05) is 23.2 Å². The van der Waals surface area contributed by atoms with E-state index >= 15 is 0 Å². The Labute approximate surface area is 210 Å². The quantitative estimate of drug-likeness (QED) is 0.648. The average Bonchev–Trinajstić information content (AvgIpc) is 3.41. The molecule has 34 heavy (non-hydrogen) atoms. The van der Waals surface area contributed by atoms with Crippen molar-refractivity contribution < 1.29 is 13.2 Å². The van der Waals surface area contributed by atoms with Crippen LogP contribution in [-0.2, 0) is 34.1 Å². The summed E-state index contributed by atoms with van der Waals surface area (Å²) in [5.74, 6) is 0.0648. The molecule has 0 saturated carbocycles. The number of hydrogen-bond acceptors (Lipinski definition) is 5. The van der Waals surface area contributed by atoms with E-state index in [2.05, 4.69) is 15.1 Å².